The molecule has 0 heterocycles. The lowest BCUT2D eigenvalue weighted by molar-refractivity contribution is 0.0945. The Kier molecular flexibility index (Phi) is 7.90. The molecule has 0 saturated carbocycles. The van der Waals surface area contributed by atoms with Crippen LogP contribution in [0.25, 0.3) is 0 Å². The first-order valence-corrected chi connectivity index (χ1v) is 10.1. The first-order chi connectivity index (χ1) is 11.3. The molecule has 1 aromatic carbocycles. The van der Waals surface area contributed by atoms with E-state index in [2.05, 4.69) is 23.9 Å². The predicted molar refractivity (Wildman–Crippen MR) is 97.8 cm³/mol. The minimum Gasteiger partial charge on any atom is -0.352 e. The average molecular weight is 355 g/mol. The van der Waals surface area contributed by atoms with Crippen molar-refractivity contribution < 1.29 is 13.2 Å². The summed E-state index contributed by atoms with van der Waals surface area (Å²) >= 11 is 0. The maximum Gasteiger partial charge on any atom is 0.251 e. The Morgan fingerprint density at radius 3 is 2.42 bits per heavy atom. The molecule has 6 heteroatoms. The first-order valence-electron chi connectivity index (χ1n) is 8.59. The molecule has 5 nitrogen and oxygen atoms in total. The molecule has 0 fully saturated rings. The fourth-order valence-electron chi connectivity index (χ4n) is 2.63. The number of hydrogen-bond acceptors (Lipinski definition) is 3. The van der Waals surface area contributed by atoms with Crippen LogP contribution in [0.5, 0.6) is 0 Å². The number of benzene rings is 1. The zero-order valence-corrected chi connectivity index (χ0v) is 16.2. The highest BCUT2D eigenvalue weighted by atomic mass is 32.2. The van der Waals surface area contributed by atoms with Crippen molar-refractivity contribution in [3.8, 4) is 0 Å². The van der Waals surface area contributed by atoms with E-state index in [-0.39, 0.29) is 10.8 Å². The summed E-state index contributed by atoms with van der Waals surface area (Å²) in [4.78, 5) is 12.6. The normalized spacial score (nSPS) is 12.9. The number of nitrogens with one attached hydrogen (secondary N) is 2. The highest BCUT2D eigenvalue weighted by Gasteiger charge is 2.19. The van der Waals surface area contributed by atoms with Crippen molar-refractivity contribution in [2.24, 2.45) is 5.92 Å². The molecule has 1 atom stereocenters. The summed E-state index contributed by atoms with van der Waals surface area (Å²) in [6.07, 6.45) is 4.42. The first kappa shape index (κ1) is 20.6. The molecule has 0 aliphatic heterocycles. The molecule has 2 N–H and O–H groups in total. The van der Waals surface area contributed by atoms with E-state index in [1.807, 2.05) is 6.92 Å². The minimum atomic E-state index is -3.59. The minimum absolute atomic E-state index is 0.160. The van der Waals surface area contributed by atoms with Gasteiger partial charge in [0.25, 0.3) is 5.91 Å². The van der Waals surface area contributed by atoms with Crippen LogP contribution in [-0.2, 0) is 10.0 Å². The fourth-order valence-corrected chi connectivity index (χ4v) is 3.70. The Labute approximate surface area is 146 Å². The molecule has 0 aliphatic rings. The van der Waals surface area contributed by atoms with E-state index in [4.69, 9.17) is 0 Å². The van der Waals surface area contributed by atoms with Crippen molar-refractivity contribution in [2.45, 2.75) is 58.3 Å². The van der Waals surface area contributed by atoms with E-state index in [0.29, 0.717) is 23.6 Å². The van der Waals surface area contributed by atoms with Gasteiger partial charge in [-0.25, -0.2) is 13.1 Å². The summed E-state index contributed by atoms with van der Waals surface area (Å²) in [5.74, 6) is 0.238. The molecule has 1 aromatic rings. The van der Waals surface area contributed by atoms with Gasteiger partial charge in [0.05, 0.1) is 4.90 Å². The van der Waals surface area contributed by atoms with Crippen LogP contribution >= 0.6 is 0 Å². The number of amides is 1. The SMILES string of the molecule is CCCCC(CC)CNC(=O)c1cc(C)c(C)c(S(=O)(=O)NC)c1. The van der Waals surface area contributed by atoms with Gasteiger partial charge >= 0.3 is 0 Å². The van der Waals surface area contributed by atoms with Crippen LogP contribution in [-0.4, -0.2) is 27.9 Å². The van der Waals surface area contributed by atoms with Crippen LogP contribution in [0.2, 0.25) is 0 Å². The zero-order chi connectivity index (χ0) is 18.3. The van der Waals surface area contributed by atoms with Crippen molar-refractivity contribution in [1.29, 1.82) is 0 Å². The molecule has 0 aliphatic carbocycles. The molecule has 0 spiro atoms. The lowest BCUT2D eigenvalue weighted by atomic mass is 9.99. The molecule has 1 amide bonds. The van der Waals surface area contributed by atoms with Crippen molar-refractivity contribution in [2.75, 3.05) is 13.6 Å². The Morgan fingerprint density at radius 2 is 1.88 bits per heavy atom. The van der Waals surface area contributed by atoms with Crippen molar-refractivity contribution in [3.05, 3.63) is 28.8 Å². The monoisotopic (exact) mass is 354 g/mol. The zero-order valence-electron chi connectivity index (χ0n) is 15.4. The summed E-state index contributed by atoms with van der Waals surface area (Å²) < 4.78 is 26.6. The summed E-state index contributed by atoms with van der Waals surface area (Å²) in [7, 11) is -2.21. The summed E-state index contributed by atoms with van der Waals surface area (Å²) in [5, 5.41) is 2.95. The quantitative estimate of drug-likeness (QED) is 0.715. The van der Waals surface area contributed by atoms with Gasteiger partial charge in [-0.3, -0.25) is 4.79 Å². The third-order valence-electron chi connectivity index (χ3n) is 4.53. The number of unbranched alkanes of at least 4 members (excludes halogenated alkanes) is 1. The van der Waals surface area contributed by atoms with E-state index in [1.165, 1.54) is 13.1 Å². The largest absolute Gasteiger partial charge is 0.352 e. The third-order valence-corrected chi connectivity index (χ3v) is 6.08. The van der Waals surface area contributed by atoms with E-state index in [0.717, 1.165) is 31.2 Å². The molecule has 24 heavy (non-hydrogen) atoms. The van der Waals surface area contributed by atoms with Gasteiger partial charge in [0, 0.05) is 12.1 Å². The smallest absolute Gasteiger partial charge is 0.251 e. The van der Waals surface area contributed by atoms with Crippen LogP contribution in [0.1, 0.15) is 61.0 Å². The van der Waals surface area contributed by atoms with Gasteiger partial charge in [0.1, 0.15) is 0 Å². The molecule has 0 saturated heterocycles. The van der Waals surface area contributed by atoms with Crippen LogP contribution in [0.3, 0.4) is 0 Å². The summed E-state index contributed by atoms with van der Waals surface area (Å²) in [6, 6.07) is 3.20. The fraction of sp³-hybridized carbons (Fsp3) is 0.611. The predicted octanol–water partition coefficient (Wildman–Crippen LogP) is 3.16. The topological polar surface area (TPSA) is 75.3 Å². The molecular formula is C18H30N2O3S. The lowest BCUT2D eigenvalue weighted by Gasteiger charge is -2.16. The van der Waals surface area contributed by atoms with Crippen LogP contribution in [0.15, 0.2) is 17.0 Å². The molecule has 1 unspecified atom stereocenters. The van der Waals surface area contributed by atoms with E-state index < -0.39 is 10.0 Å². The number of carbonyl (C=O) groups excluding carboxylic acids is 1. The summed E-state index contributed by atoms with van der Waals surface area (Å²) in [6.45, 7) is 8.47. The second-order valence-corrected chi connectivity index (χ2v) is 8.11. The van der Waals surface area contributed by atoms with Crippen molar-refractivity contribution >= 4 is 15.9 Å². The van der Waals surface area contributed by atoms with E-state index >= 15 is 0 Å². The second kappa shape index (κ2) is 9.18. The number of rotatable bonds is 9. The lowest BCUT2D eigenvalue weighted by Crippen LogP contribution is -2.30. The van der Waals surface area contributed by atoms with Crippen LogP contribution < -0.4 is 10.0 Å². The number of sulfonamides is 1. The molecular weight excluding hydrogens is 324 g/mol. The van der Waals surface area contributed by atoms with Gasteiger partial charge in [0.15, 0.2) is 0 Å². The van der Waals surface area contributed by atoms with Gasteiger partial charge in [-0.2, -0.15) is 0 Å². The van der Waals surface area contributed by atoms with Gasteiger partial charge in [0.2, 0.25) is 10.0 Å². The molecule has 0 aromatic heterocycles. The average Bonchev–Trinajstić information content (AvgIpc) is 2.56. The van der Waals surface area contributed by atoms with Crippen molar-refractivity contribution in [3.63, 3.8) is 0 Å². The maximum atomic E-state index is 12.4. The van der Waals surface area contributed by atoms with E-state index in [9.17, 15) is 13.2 Å². The Balaban J connectivity index is 2.96. The summed E-state index contributed by atoms with van der Waals surface area (Å²) in [5.41, 5.74) is 1.84. The number of carbonyl (C=O) groups is 1. The highest BCUT2D eigenvalue weighted by Crippen LogP contribution is 2.21. The Bertz CT molecular complexity index is 669. The van der Waals surface area contributed by atoms with Gasteiger partial charge in [-0.1, -0.05) is 33.1 Å². The van der Waals surface area contributed by atoms with E-state index in [1.54, 1.807) is 13.0 Å². The molecule has 0 radical (unpaired) electrons. The number of aryl methyl sites for hydroxylation is 1. The van der Waals surface area contributed by atoms with Crippen molar-refractivity contribution in [1.82, 2.24) is 10.0 Å². The molecule has 136 valence electrons. The van der Waals surface area contributed by atoms with Gasteiger partial charge in [-0.15, -0.1) is 0 Å². The van der Waals surface area contributed by atoms with Gasteiger partial charge in [-0.05, 0) is 56.5 Å². The standard InChI is InChI=1S/C18H30N2O3S/c1-6-8-9-15(7-2)12-20-18(21)16-10-13(3)14(4)17(11-16)24(22,23)19-5/h10-11,15,19H,6-9,12H2,1-5H3,(H,20,21). The number of hydrogen-bond donors (Lipinski definition) is 2. The Hall–Kier alpha value is -1.40. The highest BCUT2D eigenvalue weighted by molar-refractivity contribution is 7.89. The maximum absolute atomic E-state index is 12.4. The molecule has 0 bridgehead atoms. The van der Waals surface area contributed by atoms with Crippen LogP contribution in [0, 0.1) is 19.8 Å². The van der Waals surface area contributed by atoms with Crippen LogP contribution in [0.4, 0.5) is 0 Å². The third kappa shape index (κ3) is 5.31. The Morgan fingerprint density at radius 1 is 1.21 bits per heavy atom. The second-order valence-electron chi connectivity index (χ2n) is 6.25. The molecule has 1 rings (SSSR count). The van der Waals surface area contributed by atoms with Gasteiger partial charge < -0.3 is 5.32 Å².